The Morgan fingerprint density at radius 1 is 0.714 bits per heavy atom. The highest BCUT2D eigenvalue weighted by molar-refractivity contribution is 7.97. The van der Waals surface area contributed by atoms with Gasteiger partial charge in [0.05, 0.1) is 10.9 Å². The molecule has 0 saturated heterocycles. The largest absolute Gasteiger partial charge is 0.481 e. The van der Waals surface area contributed by atoms with Gasteiger partial charge < -0.3 is 9.47 Å². The second-order valence-electron chi connectivity index (χ2n) is 8.96. The highest BCUT2D eigenvalue weighted by atomic mass is 32.2. The van der Waals surface area contributed by atoms with Crippen LogP contribution in [-0.4, -0.2) is 12.6 Å². The minimum atomic E-state index is -0.727. The van der Waals surface area contributed by atoms with Crippen molar-refractivity contribution < 1.29 is 14.3 Å². The Bertz CT molecular complexity index is 1210. The number of hydrogen-bond donors (Lipinski definition) is 0. The van der Waals surface area contributed by atoms with Crippen molar-refractivity contribution in [3.63, 3.8) is 0 Å². The number of esters is 1. The Kier molecular flexibility index (Phi) is 7.62. The van der Waals surface area contributed by atoms with Crippen molar-refractivity contribution in [2.75, 3.05) is 6.61 Å². The SMILES string of the molecule is Cc1cc([S+](c2ccccc2)c2ccccc2)cc(C)c1OCC(=O)OC(C)(C)c1ccccc1. The van der Waals surface area contributed by atoms with Gasteiger partial charge in [-0.05, 0) is 68.7 Å². The van der Waals surface area contributed by atoms with Crippen LogP contribution in [0.25, 0.3) is 0 Å². The third-order valence-electron chi connectivity index (χ3n) is 5.80. The van der Waals surface area contributed by atoms with Gasteiger partial charge in [0, 0.05) is 12.1 Å². The van der Waals surface area contributed by atoms with Crippen LogP contribution >= 0.6 is 0 Å². The van der Waals surface area contributed by atoms with E-state index >= 15 is 0 Å². The van der Waals surface area contributed by atoms with Crippen LogP contribution in [0.5, 0.6) is 5.75 Å². The molecule has 0 saturated carbocycles. The molecule has 0 radical (unpaired) electrons. The van der Waals surface area contributed by atoms with Gasteiger partial charge in [0.2, 0.25) is 0 Å². The maximum atomic E-state index is 12.6. The Balaban J connectivity index is 1.54. The first kappa shape index (κ1) is 24.6. The molecule has 178 valence electrons. The quantitative estimate of drug-likeness (QED) is 0.195. The smallest absolute Gasteiger partial charge is 0.345 e. The lowest BCUT2D eigenvalue weighted by Crippen LogP contribution is -2.28. The fourth-order valence-electron chi connectivity index (χ4n) is 4.12. The molecule has 0 heterocycles. The standard InChI is InChI=1S/C31H31O3S/c1-23-20-28(35(26-16-10-6-11-17-26)27-18-12-7-13-19-27)21-24(2)30(23)33-22-29(32)34-31(3,4)25-14-8-5-9-15-25/h5-21H,22H2,1-4H3/q+1. The number of rotatable bonds is 8. The number of carbonyl (C=O) groups is 1. The molecule has 0 fully saturated rings. The highest BCUT2D eigenvalue weighted by Crippen LogP contribution is 2.35. The summed E-state index contributed by atoms with van der Waals surface area (Å²) in [6, 6.07) is 35.2. The van der Waals surface area contributed by atoms with Gasteiger partial charge in [-0.1, -0.05) is 66.7 Å². The Labute approximate surface area is 211 Å². The first-order chi connectivity index (χ1) is 16.8. The van der Waals surface area contributed by atoms with Crippen LogP contribution in [0.3, 0.4) is 0 Å². The van der Waals surface area contributed by atoms with Gasteiger partial charge in [0.1, 0.15) is 11.4 Å². The maximum Gasteiger partial charge on any atom is 0.345 e. The van der Waals surface area contributed by atoms with Crippen LogP contribution in [0, 0.1) is 13.8 Å². The van der Waals surface area contributed by atoms with E-state index in [4.69, 9.17) is 9.47 Å². The van der Waals surface area contributed by atoms with Crippen LogP contribution in [0.2, 0.25) is 0 Å². The number of aryl methyl sites for hydroxylation is 2. The van der Waals surface area contributed by atoms with Crippen LogP contribution in [-0.2, 0) is 26.0 Å². The summed E-state index contributed by atoms with van der Waals surface area (Å²) in [5, 5.41) is 0. The summed E-state index contributed by atoms with van der Waals surface area (Å²) in [5.41, 5.74) is 2.22. The van der Waals surface area contributed by atoms with Crippen molar-refractivity contribution in [3.8, 4) is 5.75 Å². The molecule has 4 heteroatoms. The van der Waals surface area contributed by atoms with Gasteiger partial charge >= 0.3 is 5.97 Å². The summed E-state index contributed by atoms with van der Waals surface area (Å²) >= 11 is 0. The van der Waals surface area contributed by atoms with Gasteiger partial charge in [-0.3, -0.25) is 0 Å². The van der Waals surface area contributed by atoms with E-state index in [-0.39, 0.29) is 17.5 Å². The fourth-order valence-corrected chi connectivity index (χ4v) is 6.39. The Hall–Kier alpha value is -3.50. The number of hydrogen-bond acceptors (Lipinski definition) is 3. The second kappa shape index (κ2) is 10.8. The molecule has 0 N–H and O–H groups in total. The van der Waals surface area contributed by atoms with Crippen molar-refractivity contribution in [2.45, 2.75) is 48.0 Å². The first-order valence-corrected chi connectivity index (χ1v) is 12.9. The zero-order chi connectivity index (χ0) is 24.8. The molecular weight excluding hydrogens is 452 g/mol. The minimum Gasteiger partial charge on any atom is -0.481 e. The molecule has 0 atom stereocenters. The monoisotopic (exact) mass is 483 g/mol. The van der Waals surface area contributed by atoms with Crippen molar-refractivity contribution in [1.29, 1.82) is 0 Å². The minimum absolute atomic E-state index is 0.139. The van der Waals surface area contributed by atoms with E-state index in [1.54, 1.807) is 0 Å². The van der Waals surface area contributed by atoms with Crippen molar-refractivity contribution in [2.24, 2.45) is 0 Å². The molecule has 4 rings (SSSR count). The normalized spacial score (nSPS) is 11.3. The van der Waals surface area contributed by atoms with Crippen LogP contribution < -0.4 is 4.74 Å². The molecule has 4 aromatic rings. The number of carbonyl (C=O) groups excluding carboxylic acids is 1. The summed E-state index contributed by atoms with van der Waals surface area (Å²) in [4.78, 5) is 16.4. The Morgan fingerprint density at radius 3 is 1.66 bits per heavy atom. The van der Waals surface area contributed by atoms with E-state index in [0.717, 1.165) is 22.4 Å². The molecule has 0 aliphatic heterocycles. The van der Waals surface area contributed by atoms with Gasteiger partial charge in [-0.25, -0.2) is 4.79 Å². The van der Waals surface area contributed by atoms with Crippen LogP contribution in [0.15, 0.2) is 118 Å². The summed E-state index contributed by atoms with van der Waals surface area (Å²) in [6.07, 6.45) is 0. The third kappa shape index (κ3) is 5.95. The lowest BCUT2D eigenvalue weighted by Gasteiger charge is -2.25. The fraction of sp³-hybridized carbons (Fsp3) is 0.194. The summed E-state index contributed by atoms with van der Waals surface area (Å²) in [7, 11) is -0.238. The zero-order valence-corrected chi connectivity index (χ0v) is 21.5. The van der Waals surface area contributed by atoms with Crippen LogP contribution in [0.1, 0.15) is 30.5 Å². The molecule has 4 aromatic carbocycles. The molecule has 3 nitrogen and oxygen atoms in total. The van der Waals surface area contributed by atoms with Gasteiger partial charge in [0.25, 0.3) is 0 Å². The average molecular weight is 484 g/mol. The molecule has 0 spiro atoms. The molecule has 0 bridgehead atoms. The van der Waals surface area contributed by atoms with E-state index in [2.05, 4.69) is 60.7 Å². The lowest BCUT2D eigenvalue weighted by atomic mass is 9.98. The molecule has 0 aliphatic rings. The summed E-state index contributed by atoms with van der Waals surface area (Å²) in [6.45, 7) is 7.70. The van der Waals surface area contributed by atoms with Gasteiger partial charge in [-0.2, -0.15) is 0 Å². The average Bonchev–Trinajstić information content (AvgIpc) is 2.85. The van der Waals surface area contributed by atoms with E-state index in [0.29, 0.717) is 0 Å². The lowest BCUT2D eigenvalue weighted by molar-refractivity contribution is -0.159. The Morgan fingerprint density at radius 2 is 1.17 bits per heavy atom. The van der Waals surface area contributed by atoms with Gasteiger partial charge in [-0.15, -0.1) is 0 Å². The number of ether oxygens (including phenoxy) is 2. The van der Waals surface area contributed by atoms with Gasteiger partial charge in [0.15, 0.2) is 21.3 Å². The molecule has 0 aliphatic carbocycles. The van der Waals surface area contributed by atoms with E-state index in [1.807, 2.05) is 70.2 Å². The summed E-state index contributed by atoms with van der Waals surface area (Å²) in [5.74, 6) is 0.336. The molecule has 0 unspecified atom stereocenters. The van der Waals surface area contributed by atoms with Crippen molar-refractivity contribution >= 4 is 16.9 Å². The van der Waals surface area contributed by atoms with Crippen LogP contribution in [0.4, 0.5) is 0 Å². The summed E-state index contributed by atoms with van der Waals surface area (Å²) < 4.78 is 11.7. The predicted octanol–water partition coefficient (Wildman–Crippen LogP) is 7.26. The second-order valence-corrected chi connectivity index (χ2v) is 11.0. The highest BCUT2D eigenvalue weighted by Gasteiger charge is 2.30. The topological polar surface area (TPSA) is 35.5 Å². The van der Waals surface area contributed by atoms with Crippen molar-refractivity contribution in [1.82, 2.24) is 0 Å². The third-order valence-corrected chi connectivity index (χ3v) is 7.99. The first-order valence-electron chi connectivity index (χ1n) is 11.7. The molecule has 0 amide bonds. The predicted molar refractivity (Wildman–Crippen MR) is 142 cm³/mol. The molecular formula is C31H31O3S+. The van der Waals surface area contributed by atoms with E-state index in [9.17, 15) is 4.79 Å². The zero-order valence-electron chi connectivity index (χ0n) is 20.7. The maximum absolute atomic E-state index is 12.6. The van der Waals surface area contributed by atoms with Crippen molar-refractivity contribution in [3.05, 3.63) is 120 Å². The van der Waals surface area contributed by atoms with E-state index in [1.165, 1.54) is 14.7 Å². The molecule has 0 aromatic heterocycles. The molecule has 35 heavy (non-hydrogen) atoms. The number of benzene rings is 4. The van der Waals surface area contributed by atoms with E-state index < -0.39 is 11.6 Å².